The topological polar surface area (TPSA) is 408 Å². The molecule has 6 aliphatic rings. The molecule has 4 amide bonds. The van der Waals surface area contributed by atoms with E-state index in [0.29, 0.717) is 35.6 Å². The molecule has 31 nitrogen and oxygen atoms in total. The summed E-state index contributed by atoms with van der Waals surface area (Å²) in [6, 6.07) is 5.31. The molecule has 2 aromatic rings. The number of thiol groups is 1. The number of aliphatic hydroxyl groups excluding tert-OH is 4. The number of methoxy groups -OCH3 is 5. The van der Waals surface area contributed by atoms with Crippen LogP contribution < -0.4 is 35.2 Å². The van der Waals surface area contributed by atoms with Gasteiger partial charge < -0.3 is 103 Å². The average molecular weight is 1890 g/mol. The Bertz CT molecular complexity index is 3930. The van der Waals surface area contributed by atoms with Crippen molar-refractivity contribution in [1.82, 2.24) is 21.1 Å². The van der Waals surface area contributed by atoms with Crippen molar-refractivity contribution in [2.45, 2.75) is 241 Å². The molecule has 19 atom stereocenters. The fraction of sp³-hybridized carbons (Fsp3) is 0.633. The Kier molecular flexibility index (Phi) is 46.3. The van der Waals surface area contributed by atoms with E-state index in [1.807, 2.05) is 48.6 Å². The number of nitrogens with zero attached hydrogens (tertiary/aromatic N) is 2. The number of carbonyl (C=O) groups excluding carboxylic acids is 6. The van der Waals surface area contributed by atoms with E-state index in [9.17, 15) is 54.3 Å². The largest absolute Gasteiger partial charge is 0.668 e. The maximum absolute atomic E-state index is 14.6. The summed E-state index contributed by atoms with van der Waals surface area (Å²) in [4.78, 5) is 87.6. The summed E-state index contributed by atoms with van der Waals surface area (Å²) in [7, 11) is 16.1. The maximum atomic E-state index is 14.6. The number of Topliss-reactive ketones (excluding diaryl/α,β-unsaturated/α-hetero) is 1. The van der Waals surface area contributed by atoms with E-state index in [2.05, 4.69) is 69.8 Å². The van der Waals surface area contributed by atoms with Gasteiger partial charge in [0, 0.05) is 120 Å². The smallest absolute Gasteiger partial charge is 0.411 e. The van der Waals surface area contributed by atoms with Crippen LogP contribution in [-0.4, -0.2) is 270 Å². The van der Waals surface area contributed by atoms with Crippen LogP contribution in [0.2, 0.25) is 0 Å². The normalized spacial score (nSPS) is 28.7. The van der Waals surface area contributed by atoms with Crippen molar-refractivity contribution in [3.05, 3.63) is 87.3 Å². The maximum Gasteiger partial charge on any atom is 0.411 e. The number of rotatable bonds is 34. The van der Waals surface area contributed by atoms with Crippen molar-refractivity contribution in [2.75, 3.05) is 79.3 Å². The Labute approximate surface area is 755 Å². The van der Waals surface area contributed by atoms with E-state index in [1.54, 1.807) is 87.6 Å². The van der Waals surface area contributed by atoms with Gasteiger partial charge in [0.05, 0.1) is 99.4 Å². The summed E-state index contributed by atoms with van der Waals surface area (Å²) in [5.41, 5.74) is 12.4. The fourth-order valence-corrected chi connectivity index (χ4v) is 18.0. The molecule has 2 aromatic carbocycles. The number of alkyl carbamates (subject to hydrolysis) is 1. The second-order valence-corrected chi connectivity index (χ2v) is 38.5. The Morgan fingerprint density at radius 2 is 1.51 bits per heavy atom. The number of fused-ring (bicyclic) bond motifs is 2. The number of nitrogens with one attached hydrogen (secondary N) is 4. The van der Waals surface area contributed by atoms with Gasteiger partial charge in [0.2, 0.25) is 29.0 Å². The van der Waals surface area contributed by atoms with Gasteiger partial charge in [-0.25, -0.2) is 10.2 Å². The first-order valence-corrected chi connectivity index (χ1v) is 47.5. The Hall–Kier alpha value is -4.03. The quantitative estimate of drug-likeness (QED) is 0.00786. The van der Waals surface area contributed by atoms with Crippen molar-refractivity contribution in [2.24, 2.45) is 5.10 Å². The Balaban J connectivity index is 0.00000239. The van der Waals surface area contributed by atoms with Gasteiger partial charge >= 0.3 is 6.09 Å². The molecule has 2 aliphatic carbocycles. The number of carbonyl (C=O) groups is 6. The summed E-state index contributed by atoms with van der Waals surface area (Å²) < 4.78 is 77.9. The first kappa shape index (κ1) is 106. The van der Waals surface area contributed by atoms with Crippen molar-refractivity contribution in [1.29, 1.82) is 0 Å². The van der Waals surface area contributed by atoms with Crippen LogP contribution >= 0.6 is 87.2 Å². The van der Waals surface area contributed by atoms with E-state index in [-0.39, 0.29) is 135 Å². The van der Waals surface area contributed by atoms with Gasteiger partial charge in [-0.1, -0.05) is 114 Å². The van der Waals surface area contributed by atoms with E-state index in [0.717, 1.165) is 24.4 Å². The minimum absolute atomic E-state index is 0. The minimum atomic E-state index is -2.03. The minimum Gasteiger partial charge on any atom is -0.668 e. The molecule has 40 heteroatoms. The number of thioether (sulfide) groups is 1. The van der Waals surface area contributed by atoms with Crippen molar-refractivity contribution in [3.8, 4) is 46.7 Å². The summed E-state index contributed by atoms with van der Waals surface area (Å²) >= 11 is 4.60. The molecule has 8 rings (SSSR count). The SMILES string of the molecule is CCN(C(C)=O)[C@H]1CO[C@@H](O[C@H]2[C@H](O[C@@H]3C#C/C=C\C#CC[C@]4(O)CC(=O)C(NC(=O)OC)=C3/C4=C\CSSC(C)(C)CC(=O)N/N=C(\C)c3ccc(OCCCC([NH-])=O)cc3)O[C@H](C)[C@@H](NO[C@H]3C[C@H](O)[C@H](SC(=O)c4c(C)c(C)c(O[C@@H]5O[C@@H](C)[C@H](O)[C@@H](OC)[C@H]5O)c(OC)c4OC)[C@@H](C)O3)[C@@H]2O)C[C@@H]1OC.CCSSC.CSSS.[Y]. The van der Waals surface area contributed by atoms with Gasteiger partial charge in [0.25, 0.3) is 0 Å². The molecular weight excluding hydrogens is 1780 g/mol. The molecule has 4 fully saturated rings. The number of hydroxylamine groups is 1. The second-order valence-electron chi connectivity index (χ2n) is 28.2. The molecule has 2 bridgehead atoms. The van der Waals surface area contributed by atoms with Crippen molar-refractivity contribution >= 4 is 128 Å². The van der Waals surface area contributed by atoms with Gasteiger partial charge in [-0.05, 0) is 156 Å². The van der Waals surface area contributed by atoms with E-state index in [1.165, 1.54) is 84.7 Å². The van der Waals surface area contributed by atoms with E-state index in [4.69, 9.17) is 72.2 Å². The van der Waals surface area contributed by atoms with Gasteiger partial charge in [-0.3, -0.25) is 29.3 Å². The number of aliphatic hydroxyl groups is 5. The Morgan fingerprint density at radius 1 is 0.832 bits per heavy atom. The average Bonchev–Trinajstić information content (AvgIpc) is 1.14. The summed E-state index contributed by atoms with van der Waals surface area (Å²) in [6.45, 7) is 19.7. The molecule has 0 spiro atoms. The van der Waals surface area contributed by atoms with Crippen LogP contribution in [0.1, 0.15) is 134 Å². The molecule has 4 heterocycles. The van der Waals surface area contributed by atoms with Gasteiger partial charge in [-0.2, -0.15) is 10.6 Å². The van der Waals surface area contributed by atoms with Gasteiger partial charge in [0.15, 0.2) is 36.2 Å². The third-order valence-corrected chi connectivity index (χ3v) is 27.9. The monoisotopic (exact) mass is 1890 g/mol. The molecule has 1 radical (unpaired) electrons. The number of ketones is 1. The Morgan fingerprint density at radius 3 is 2.11 bits per heavy atom. The van der Waals surface area contributed by atoms with Crippen LogP contribution in [-0.2, 0) is 99.4 Å². The van der Waals surface area contributed by atoms with Crippen LogP contribution in [0.4, 0.5) is 4.79 Å². The second kappa shape index (κ2) is 52.2. The molecule has 119 heavy (non-hydrogen) atoms. The van der Waals surface area contributed by atoms with Gasteiger partial charge in [-0.15, -0.1) is 0 Å². The number of benzene rings is 2. The molecule has 0 aromatic heterocycles. The van der Waals surface area contributed by atoms with E-state index < -0.39 is 149 Å². The molecular formula is C79H113N6O25S8Y-. The fourth-order valence-electron chi connectivity index (χ4n) is 13.5. The molecule has 4 saturated heterocycles. The first-order chi connectivity index (χ1) is 56.1. The van der Waals surface area contributed by atoms with Crippen LogP contribution in [0.3, 0.4) is 0 Å². The number of allylic oxidation sites excluding steroid dienone is 3. The zero-order chi connectivity index (χ0) is 87.3. The number of hydrogen-bond acceptors (Lipinski definition) is 35. The molecule has 661 valence electrons. The van der Waals surface area contributed by atoms with Gasteiger partial charge in [0.1, 0.15) is 48.0 Å². The predicted octanol–water partition coefficient (Wildman–Crippen LogP) is 9.58. The standard InChI is InChI=1S/C75H102N6O25S3.C3H8S2.CH4S3.Y/c1-16-81(44(8)82)48-37-99-55(34-52(48)93-11)104-67-62(88)59(80-106-56-33-49(83)69(43(7)100-56)108-70(90)57-38(2)39(3)64(68(96-14)65(57)94-12)105-71-63(89)66(95-13)61(87)42(6)102-71)41(5)101-72(67)103-51-23-20-18-17-19-21-30-75(92)35-50(84)60(77-73(91)97-15)58(51)47(75)29-32-107-109-74(9,10)36-54(86)79-78-40(4)45-25-27-46(28-26-45)98-31-22-24-53(76)85;1-3-5-4-2;1-3-4-2;/h17-18,25-29,41-43,48-49,51-52,55-56,59,61-63,66-67,69,71-72,80,83,87-89,92H,16,22,24,30-37H2,1-15H3,(H4,76,77,79,85,86,91);3H2,1-2H3;2H,1H3;/p-1/b18-17-,47-29+,78-40+;;;/t41-,42+,43-,48+,49+,51-,52+,55+,56+,59-,61+,62+,63-,66-,67-,69-,71+,72+,75+;;;/m1.../s1. The summed E-state index contributed by atoms with van der Waals surface area (Å²) in [6.07, 6.45) is -11.3. The first-order valence-electron chi connectivity index (χ1n) is 37.9. The number of ether oxygens (including phenoxy) is 13. The van der Waals surface area contributed by atoms with Crippen molar-refractivity contribution in [3.63, 3.8) is 0 Å². The zero-order valence-corrected chi connectivity index (χ0v) is 79.5. The van der Waals surface area contributed by atoms with Crippen LogP contribution in [0, 0.1) is 37.5 Å². The van der Waals surface area contributed by atoms with Crippen LogP contribution in [0.15, 0.2) is 64.4 Å². The molecule has 9 N–H and O–H groups in total. The number of likely N-dealkylation sites (N-methyl/N-ethyl adjacent to an activating group) is 1. The predicted molar refractivity (Wildman–Crippen MR) is 463 cm³/mol. The zero-order valence-electron chi connectivity index (χ0n) is 70.1. The third kappa shape index (κ3) is 30.1. The summed E-state index contributed by atoms with van der Waals surface area (Å²) in [5, 5.41) is 64.8. The van der Waals surface area contributed by atoms with Crippen LogP contribution in [0.5, 0.6) is 23.0 Å². The number of hydrazone groups is 1. The molecule has 0 unspecified atom stereocenters. The van der Waals surface area contributed by atoms with Crippen LogP contribution in [0.25, 0.3) is 5.73 Å². The third-order valence-electron chi connectivity index (χ3n) is 19.6. The van der Waals surface area contributed by atoms with E-state index >= 15 is 0 Å². The summed E-state index contributed by atoms with van der Waals surface area (Å²) in [5.74, 6) is 11.8. The molecule has 4 aliphatic heterocycles. The molecule has 0 saturated carbocycles. The van der Waals surface area contributed by atoms with Crippen molar-refractivity contribution < 1.29 is 153 Å². The number of hydrogen-bond donors (Lipinski definition) is 9. The number of amides is 4.